The van der Waals surface area contributed by atoms with Gasteiger partial charge in [0.05, 0.1) is 17.7 Å². The van der Waals surface area contributed by atoms with E-state index in [1.807, 2.05) is 0 Å². The number of aromatic nitrogens is 1. The first kappa shape index (κ1) is 12.4. The number of anilines is 1. The fourth-order valence-corrected chi connectivity index (χ4v) is 1.30. The van der Waals surface area contributed by atoms with Crippen LogP contribution in [0.4, 0.5) is 11.5 Å². The molecule has 0 atom stereocenters. The lowest BCUT2D eigenvalue weighted by Gasteiger charge is -2.17. The van der Waals surface area contributed by atoms with E-state index in [-0.39, 0.29) is 12.3 Å². The summed E-state index contributed by atoms with van der Waals surface area (Å²) in [6, 6.07) is 1.63. The van der Waals surface area contributed by atoms with E-state index in [4.69, 9.17) is 5.11 Å². The van der Waals surface area contributed by atoms with Crippen LogP contribution in [0.15, 0.2) is 12.3 Å². The Balaban J connectivity index is 3.14. The third-order valence-electron chi connectivity index (χ3n) is 2.21. The third kappa shape index (κ3) is 2.66. The second-order valence-corrected chi connectivity index (χ2v) is 4.31. The number of hydrogen-bond donors (Lipinski definition) is 2. The smallest absolute Gasteiger partial charge is 0.360 e. The number of aliphatic hydroxyl groups is 1. The van der Waals surface area contributed by atoms with Gasteiger partial charge in [0.15, 0.2) is 0 Å². The topological polar surface area (TPSA) is 89.5 Å². The Morgan fingerprint density at radius 2 is 2.25 bits per heavy atom. The van der Waals surface area contributed by atoms with Gasteiger partial charge in [-0.05, 0) is 26.8 Å². The summed E-state index contributed by atoms with van der Waals surface area (Å²) in [6.07, 6.45) is 1.62. The van der Waals surface area contributed by atoms with Crippen LogP contribution in [-0.4, -0.2) is 22.2 Å². The van der Waals surface area contributed by atoms with Gasteiger partial charge in [-0.25, -0.2) is 4.98 Å². The van der Waals surface area contributed by atoms with E-state index >= 15 is 0 Å². The fourth-order valence-electron chi connectivity index (χ4n) is 1.30. The molecule has 6 nitrogen and oxygen atoms in total. The summed E-state index contributed by atoms with van der Waals surface area (Å²) in [5.74, 6) is 0.309. The number of nitro groups is 1. The van der Waals surface area contributed by atoms with E-state index in [1.54, 1.807) is 33.0 Å². The molecule has 16 heavy (non-hydrogen) atoms. The maximum absolute atomic E-state index is 10.9. The van der Waals surface area contributed by atoms with Crippen molar-refractivity contribution >= 4 is 11.5 Å². The number of nitrogens with zero attached hydrogens (tertiary/aromatic N) is 1. The molecule has 0 aliphatic rings. The molecule has 1 aromatic heterocycles. The van der Waals surface area contributed by atoms with Crippen molar-refractivity contribution < 1.29 is 15.0 Å². The fraction of sp³-hybridized carbons (Fsp3) is 0.500. The maximum atomic E-state index is 10.9. The highest BCUT2D eigenvalue weighted by atomic mass is 16.6. The second kappa shape index (κ2) is 4.44. The number of nitrogens with one attached hydrogen (secondary N) is 2. The van der Waals surface area contributed by atoms with Crippen LogP contribution in [0.5, 0.6) is 0 Å². The lowest BCUT2D eigenvalue weighted by Crippen LogP contribution is -2.37. The van der Waals surface area contributed by atoms with Crippen LogP contribution in [0.2, 0.25) is 0 Å². The summed E-state index contributed by atoms with van der Waals surface area (Å²) in [6.45, 7) is 5.06. The number of aryl methyl sites for hydroxylation is 1. The zero-order chi connectivity index (χ0) is 12.3. The molecule has 88 valence electrons. The molecule has 0 aromatic carbocycles. The molecule has 6 heteroatoms. The number of hydrogen-bond acceptors (Lipinski definition) is 4. The molecule has 0 aliphatic carbocycles. The minimum Gasteiger partial charge on any atom is -0.392 e. The van der Waals surface area contributed by atoms with Crippen LogP contribution < -0.4 is 10.3 Å². The summed E-state index contributed by atoms with van der Waals surface area (Å²) >= 11 is 0. The van der Waals surface area contributed by atoms with E-state index < -0.39 is 10.5 Å². The van der Waals surface area contributed by atoms with E-state index in [1.165, 1.54) is 0 Å². The molecule has 0 unspecified atom stereocenters. The van der Waals surface area contributed by atoms with Crippen molar-refractivity contribution in [3.8, 4) is 0 Å². The Bertz CT molecular complexity index is 404. The predicted octanol–water partition coefficient (Wildman–Crippen LogP) is 0.900. The summed E-state index contributed by atoms with van der Waals surface area (Å²) in [5, 5.41) is 22.9. The zero-order valence-electron chi connectivity index (χ0n) is 9.57. The average molecular weight is 226 g/mol. The van der Waals surface area contributed by atoms with Gasteiger partial charge >= 0.3 is 11.5 Å². The van der Waals surface area contributed by atoms with Crippen molar-refractivity contribution in [2.75, 3.05) is 11.9 Å². The van der Waals surface area contributed by atoms with Crippen LogP contribution in [-0.2, 0) is 0 Å². The van der Waals surface area contributed by atoms with E-state index in [0.29, 0.717) is 11.4 Å². The Hall–Kier alpha value is -1.69. The Kier molecular flexibility index (Phi) is 3.44. The van der Waals surface area contributed by atoms with Crippen molar-refractivity contribution in [3.63, 3.8) is 0 Å². The number of aliphatic hydroxyl groups excluding tert-OH is 1. The van der Waals surface area contributed by atoms with Crippen molar-refractivity contribution in [2.45, 2.75) is 26.3 Å². The van der Waals surface area contributed by atoms with Gasteiger partial charge in [-0.15, -0.1) is 0 Å². The lowest BCUT2D eigenvalue weighted by atomic mass is 10.1. The number of H-pyrrole nitrogens is 1. The standard InChI is InChI=1S/C10H15N3O3/c1-7-4-5-11-9(8(7)13(15)16)12-10(2,3)6-14/h4-5,14H,6H2,1-3H3,(H,11,12)/p+1. The summed E-state index contributed by atoms with van der Waals surface area (Å²) in [4.78, 5) is 13.2. The van der Waals surface area contributed by atoms with Crippen molar-refractivity contribution in [3.05, 3.63) is 27.9 Å². The monoisotopic (exact) mass is 226 g/mol. The van der Waals surface area contributed by atoms with Crippen LogP contribution in [0.25, 0.3) is 0 Å². The molecule has 3 N–H and O–H groups in total. The van der Waals surface area contributed by atoms with Crippen molar-refractivity contribution in [2.24, 2.45) is 0 Å². The Morgan fingerprint density at radius 1 is 1.62 bits per heavy atom. The highest BCUT2D eigenvalue weighted by molar-refractivity contribution is 5.57. The van der Waals surface area contributed by atoms with Crippen molar-refractivity contribution in [1.82, 2.24) is 0 Å². The van der Waals surface area contributed by atoms with Gasteiger partial charge in [0.25, 0.3) is 0 Å². The van der Waals surface area contributed by atoms with Gasteiger partial charge in [-0.1, -0.05) is 0 Å². The molecule has 1 heterocycles. The van der Waals surface area contributed by atoms with E-state index in [2.05, 4.69) is 10.3 Å². The summed E-state index contributed by atoms with van der Waals surface area (Å²) < 4.78 is 0. The number of rotatable bonds is 4. The van der Waals surface area contributed by atoms with E-state index in [9.17, 15) is 10.1 Å². The average Bonchev–Trinajstić information content (AvgIpc) is 2.16. The molecule has 0 saturated heterocycles. The SMILES string of the molecule is Cc1cc[nH+]c(NC(C)(C)CO)c1[N+](=O)[O-]. The number of pyridine rings is 1. The highest BCUT2D eigenvalue weighted by Gasteiger charge is 2.30. The van der Waals surface area contributed by atoms with Crippen LogP contribution in [0.1, 0.15) is 19.4 Å². The molecule has 0 fully saturated rings. The first-order valence-electron chi connectivity index (χ1n) is 4.92. The maximum Gasteiger partial charge on any atom is 0.360 e. The molecule has 0 amide bonds. The lowest BCUT2D eigenvalue weighted by molar-refractivity contribution is -0.410. The summed E-state index contributed by atoms with van der Waals surface area (Å²) in [5.41, 5.74) is -0.0429. The molecule has 0 radical (unpaired) electrons. The van der Waals surface area contributed by atoms with Gasteiger partial charge < -0.3 is 5.11 Å². The Labute approximate surface area is 93.5 Å². The Morgan fingerprint density at radius 3 is 2.75 bits per heavy atom. The first-order valence-corrected chi connectivity index (χ1v) is 4.92. The highest BCUT2D eigenvalue weighted by Crippen LogP contribution is 2.25. The normalized spacial score (nSPS) is 11.2. The second-order valence-electron chi connectivity index (χ2n) is 4.31. The molecule has 0 saturated carbocycles. The molecular formula is C10H16N3O3+. The zero-order valence-corrected chi connectivity index (χ0v) is 9.57. The van der Waals surface area contributed by atoms with E-state index in [0.717, 1.165) is 0 Å². The van der Waals surface area contributed by atoms with Gasteiger partial charge in [-0.2, -0.15) is 0 Å². The van der Waals surface area contributed by atoms with Crippen LogP contribution >= 0.6 is 0 Å². The third-order valence-corrected chi connectivity index (χ3v) is 2.21. The minimum absolute atomic E-state index is 0.00373. The molecule has 0 spiro atoms. The minimum atomic E-state index is -0.616. The number of aromatic amines is 1. The molecular weight excluding hydrogens is 210 g/mol. The van der Waals surface area contributed by atoms with Gasteiger partial charge in [0.1, 0.15) is 5.54 Å². The van der Waals surface area contributed by atoms with Crippen LogP contribution in [0, 0.1) is 17.0 Å². The molecule has 0 aliphatic heterocycles. The predicted molar refractivity (Wildman–Crippen MR) is 59.2 cm³/mol. The van der Waals surface area contributed by atoms with Gasteiger partial charge in [0.2, 0.25) is 0 Å². The quantitative estimate of drug-likeness (QED) is 0.589. The first-order chi connectivity index (χ1) is 7.37. The molecule has 1 aromatic rings. The van der Waals surface area contributed by atoms with Gasteiger partial charge in [-0.3, -0.25) is 15.4 Å². The molecule has 0 bridgehead atoms. The van der Waals surface area contributed by atoms with Gasteiger partial charge in [0, 0.05) is 5.56 Å². The largest absolute Gasteiger partial charge is 0.392 e. The molecule has 1 rings (SSSR count). The van der Waals surface area contributed by atoms with Crippen LogP contribution in [0.3, 0.4) is 0 Å². The summed E-state index contributed by atoms with van der Waals surface area (Å²) in [7, 11) is 0. The van der Waals surface area contributed by atoms with Crippen molar-refractivity contribution in [1.29, 1.82) is 0 Å².